The molecule has 10 nitrogen and oxygen atoms in total. The van der Waals surface area contributed by atoms with Gasteiger partial charge in [0.1, 0.15) is 35.2 Å². The molecule has 12 heteroatoms. The molecule has 0 aliphatic heterocycles. The second kappa shape index (κ2) is 11.7. The van der Waals surface area contributed by atoms with Crippen LogP contribution in [0.25, 0.3) is 0 Å². The van der Waals surface area contributed by atoms with E-state index in [9.17, 15) is 18.4 Å². The SMILES string of the molecule is Cc1cc(OC2CC(C)(F)C2)cc(CC(=O)N/C(N)=C/C=C(\N)CC[C@@H](F)Cn2cc(C=O)nn2)n1. The molecule has 0 saturated heterocycles. The number of alkyl halides is 2. The normalized spacial score (nSPS) is 20.9. The Morgan fingerprint density at radius 1 is 1.36 bits per heavy atom. The summed E-state index contributed by atoms with van der Waals surface area (Å²) in [5, 5.41) is 9.79. The summed E-state index contributed by atoms with van der Waals surface area (Å²) in [6.07, 6.45) is 4.42. The zero-order valence-electron chi connectivity index (χ0n) is 20.3. The van der Waals surface area contributed by atoms with Crippen molar-refractivity contribution in [3.8, 4) is 5.75 Å². The van der Waals surface area contributed by atoms with Gasteiger partial charge in [0, 0.05) is 36.4 Å². The lowest BCUT2D eigenvalue weighted by Gasteiger charge is -2.38. The van der Waals surface area contributed by atoms with Crippen molar-refractivity contribution in [2.75, 3.05) is 0 Å². The Balaban J connectivity index is 1.44. The Kier molecular flexibility index (Phi) is 8.73. The molecular formula is C24H31F2N7O3. The van der Waals surface area contributed by atoms with E-state index in [0.29, 0.717) is 42.0 Å². The van der Waals surface area contributed by atoms with Crippen LogP contribution in [-0.4, -0.2) is 50.1 Å². The Bertz CT molecular complexity index is 1140. The minimum atomic E-state index is -1.24. The highest BCUT2D eigenvalue weighted by atomic mass is 19.1. The van der Waals surface area contributed by atoms with E-state index in [4.69, 9.17) is 16.2 Å². The predicted octanol–water partition coefficient (Wildman–Crippen LogP) is 2.18. The number of hydrogen-bond donors (Lipinski definition) is 3. The number of aryl methyl sites for hydroxylation is 1. The van der Waals surface area contributed by atoms with E-state index in [-0.39, 0.29) is 49.3 Å². The van der Waals surface area contributed by atoms with E-state index >= 15 is 0 Å². The van der Waals surface area contributed by atoms with Crippen molar-refractivity contribution in [1.82, 2.24) is 25.3 Å². The van der Waals surface area contributed by atoms with Crippen molar-refractivity contribution >= 4 is 12.2 Å². The number of nitrogens with one attached hydrogen (secondary N) is 1. The molecule has 5 N–H and O–H groups in total. The molecule has 1 atom stereocenters. The monoisotopic (exact) mass is 503 g/mol. The summed E-state index contributed by atoms with van der Waals surface area (Å²) < 4.78 is 34.9. The van der Waals surface area contributed by atoms with Crippen LogP contribution in [-0.2, 0) is 17.8 Å². The zero-order chi connectivity index (χ0) is 26.3. The van der Waals surface area contributed by atoms with Crippen molar-refractivity contribution < 1.29 is 23.1 Å². The highest BCUT2D eigenvalue weighted by Crippen LogP contribution is 2.38. The first-order valence-electron chi connectivity index (χ1n) is 11.6. The van der Waals surface area contributed by atoms with Gasteiger partial charge >= 0.3 is 0 Å². The molecule has 36 heavy (non-hydrogen) atoms. The number of carbonyl (C=O) groups excluding carboxylic acids is 2. The Hall–Kier alpha value is -3.83. The van der Waals surface area contributed by atoms with Gasteiger partial charge in [-0.05, 0) is 38.8 Å². The molecule has 0 unspecified atom stereocenters. The van der Waals surface area contributed by atoms with Crippen molar-refractivity contribution in [3.05, 3.63) is 59.1 Å². The molecule has 3 rings (SSSR count). The number of nitrogens with zero attached hydrogens (tertiary/aromatic N) is 4. The molecule has 1 fully saturated rings. The number of aromatic nitrogens is 4. The number of rotatable bonds is 12. The van der Waals surface area contributed by atoms with Gasteiger partial charge < -0.3 is 21.5 Å². The Labute approximate surface area is 207 Å². The van der Waals surface area contributed by atoms with Gasteiger partial charge in [-0.25, -0.2) is 13.5 Å². The highest BCUT2D eigenvalue weighted by Gasteiger charge is 2.42. The summed E-state index contributed by atoms with van der Waals surface area (Å²) in [6, 6.07) is 3.40. The van der Waals surface area contributed by atoms with Gasteiger partial charge in [-0.1, -0.05) is 5.21 Å². The summed E-state index contributed by atoms with van der Waals surface area (Å²) in [5.74, 6) is 0.236. The van der Waals surface area contributed by atoms with Crippen LogP contribution in [0.4, 0.5) is 8.78 Å². The average Bonchev–Trinajstić information content (AvgIpc) is 3.22. The van der Waals surface area contributed by atoms with Crippen LogP contribution in [0.15, 0.2) is 42.0 Å². The minimum absolute atomic E-state index is 0.0328. The van der Waals surface area contributed by atoms with Crippen LogP contribution in [0.1, 0.15) is 54.5 Å². The summed E-state index contributed by atoms with van der Waals surface area (Å²) >= 11 is 0. The molecule has 1 aliphatic carbocycles. The molecule has 0 radical (unpaired) electrons. The van der Waals surface area contributed by atoms with E-state index in [0.717, 1.165) is 0 Å². The summed E-state index contributed by atoms with van der Waals surface area (Å²) in [7, 11) is 0. The maximum absolute atomic E-state index is 14.1. The maximum Gasteiger partial charge on any atom is 0.231 e. The minimum Gasteiger partial charge on any atom is -0.490 e. The van der Waals surface area contributed by atoms with Gasteiger partial charge in [0.15, 0.2) is 6.29 Å². The van der Waals surface area contributed by atoms with E-state index in [2.05, 4.69) is 20.6 Å². The van der Waals surface area contributed by atoms with Crippen LogP contribution >= 0.6 is 0 Å². The van der Waals surface area contributed by atoms with Gasteiger partial charge in [0.25, 0.3) is 0 Å². The number of nitrogens with two attached hydrogens (primary N) is 2. The number of amides is 1. The fourth-order valence-corrected chi connectivity index (χ4v) is 3.79. The first kappa shape index (κ1) is 26.8. The fraction of sp³-hybridized carbons (Fsp3) is 0.458. The number of halogens is 2. The van der Waals surface area contributed by atoms with Crippen molar-refractivity contribution in [2.45, 2.75) is 70.4 Å². The van der Waals surface area contributed by atoms with Crippen molar-refractivity contribution in [1.29, 1.82) is 0 Å². The van der Waals surface area contributed by atoms with Crippen molar-refractivity contribution in [3.63, 3.8) is 0 Å². The molecule has 1 saturated carbocycles. The third kappa shape index (κ3) is 8.43. The van der Waals surface area contributed by atoms with E-state index in [1.807, 2.05) is 0 Å². The topological polar surface area (TPSA) is 151 Å². The standard InChI is InChI=1S/C24H31F2N7O3/c1-15-7-20(36-21-10-24(2,26)11-21)8-18(29-15)9-23(35)30-22(28)6-5-17(27)4-3-16(25)12-33-13-19(14-34)31-32-33/h5-8,13-14,16,21H,3-4,9-12,27-28H2,1-2H3,(H,30,35)/b17-5-,22-6+/t16-,21?,24?/m1/s1. The lowest BCUT2D eigenvalue weighted by molar-refractivity contribution is -0.119. The van der Waals surface area contributed by atoms with Crippen LogP contribution in [0.5, 0.6) is 5.75 Å². The summed E-state index contributed by atoms with van der Waals surface area (Å²) in [6.45, 7) is 3.29. The molecule has 2 heterocycles. The van der Waals surface area contributed by atoms with Crippen LogP contribution in [0.2, 0.25) is 0 Å². The molecule has 0 bridgehead atoms. The first-order valence-corrected chi connectivity index (χ1v) is 11.6. The average molecular weight is 504 g/mol. The molecule has 2 aromatic heterocycles. The van der Waals surface area contributed by atoms with Gasteiger partial charge in [-0.15, -0.1) is 5.10 Å². The van der Waals surface area contributed by atoms with E-state index < -0.39 is 11.8 Å². The van der Waals surface area contributed by atoms with Crippen molar-refractivity contribution in [2.24, 2.45) is 11.5 Å². The second-order valence-corrected chi connectivity index (χ2v) is 9.20. The van der Waals surface area contributed by atoms with Crippen LogP contribution < -0.4 is 21.5 Å². The number of hydrogen-bond acceptors (Lipinski definition) is 8. The van der Waals surface area contributed by atoms with E-state index in [1.54, 1.807) is 26.0 Å². The zero-order valence-corrected chi connectivity index (χ0v) is 20.3. The van der Waals surface area contributed by atoms with E-state index in [1.165, 1.54) is 23.0 Å². The number of pyridine rings is 1. The van der Waals surface area contributed by atoms with Gasteiger partial charge in [0.05, 0.1) is 24.9 Å². The number of carbonyl (C=O) groups is 2. The second-order valence-electron chi connectivity index (χ2n) is 9.20. The molecule has 0 spiro atoms. The summed E-state index contributed by atoms with van der Waals surface area (Å²) in [4.78, 5) is 27.3. The molecular weight excluding hydrogens is 472 g/mol. The number of ether oxygens (including phenoxy) is 1. The molecule has 2 aromatic rings. The molecule has 194 valence electrons. The Morgan fingerprint density at radius 2 is 2.11 bits per heavy atom. The molecule has 0 aromatic carbocycles. The fourth-order valence-electron chi connectivity index (χ4n) is 3.79. The largest absolute Gasteiger partial charge is 0.490 e. The first-order chi connectivity index (χ1) is 17.0. The third-order valence-electron chi connectivity index (χ3n) is 5.50. The van der Waals surface area contributed by atoms with Gasteiger partial charge in [0.2, 0.25) is 5.91 Å². The molecule has 1 amide bonds. The van der Waals surface area contributed by atoms with Crippen LogP contribution in [0, 0.1) is 6.92 Å². The lowest BCUT2D eigenvalue weighted by Crippen LogP contribution is -2.44. The summed E-state index contributed by atoms with van der Waals surface area (Å²) in [5.41, 5.74) is 12.3. The Morgan fingerprint density at radius 3 is 2.78 bits per heavy atom. The predicted molar refractivity (Wildman–Crippen MR) is 128 cm³/mol. The van der Waals surface area contributed by atoms with Gasteiger partial charge in [-0.2, -0.15) is 0 Å². The number of aldehydes is 1. The smallest absolute Gasteiger partial charge is 0.231 e. The maximum atomic E-state index is 14.1. The lowest BCUT2D eigenvalue weighted by atomic mass is 9.81. The molecule has 1 aliphatic rings. The van der Waals surface area contributed by atoms with Gasteiger partial charge in [-0.3, -0.25) is 14.6 Å². The quantitative estimate of drug-likeness (QED) is 0.295. The number of allylic oxidation sites excluding steroid dienone is 3. The third-order valence-corrected chi connectivity index (χ3v) is 5.50. The van der Waals surface area contributed by atoms with Crippen LogP contribution in [0.3, 0.4) is 0 Å². The highest BCUT2D eigenvalue weighted by molar-refractivity contribution is 5.79.